The van der Waals surface area contributed by atoms with Gasteiger partial charge >= 0.3 is 6.03 Å². The summed E-state index contributed by atoms with van der Waals surface area (Å²) in [5.74, 6) is 0. The van der Waals surface area contributed by atoms with Gasteiger partial charge in [-0.3, -0.25) is 10.3 Å². The Hall–Kier alpha value is -2.18. The third-order valence-electron chi connectivity index (χ3n) is 2.81. The van der Waals surface area contributed by atoms with E-state index < -0.39 is 0 Å². The first-order valence-corrected chi connectivity index (χ1v) is 8.13. The molecule has 4 nitrogen and oxygen atoms in total. The molecule has 0 fully saturated rings. The first-order chi connectivity index (χ1) is 10.3. The molecule has 106 valence electrons. The Balaban J connectivity index is 1.60. The maximum absolute atomic E-state index is 11.8. The number of hydrogen-bond acceptors (Lipinski definition) is 4. The van der Waals surface area contributed by atoms with Crippen molar-refractivity contribution >= 4 is 33.7 Å². The molecule has 0 aromatic carbocycles. The fourth-order valence-electron chi connectivity index (χ4n) is 1.85. The molecule has 6 heteroatoms. The number of rotatable bonds is 4. The van der Waals surface area contributed by atoms with Crippen molar-refractivity contribution in [3.63, 3.8) is 0 Å². The number of anilines is 1. The van der Waals surface area contributed by atoms with Gasteiger partial charge in [0.25, 0.3) is 0 Å². The van der Waals surface area contributed by atoms with Crippen molar-refractivity contribution in [3.05, 3.63) is 59.0 Å². The molecule has 3 heterocycles. The van der Waals surface area contributed by atoms with E-state index in [1.165, 1.54) is 16.2 Å². The number of pyridine rings is 1. The number of urea groups is 1. The molecule has 0 aliphatic rings. The second-order valence-corrected chi connectivity index (χ2v) is 6.24. The Kier molecular flexibility index (Phi) is 4.28. The number of thiophene rings is 2. The van der Waals surface area contributed by atoms with Gasteiger partial charge in [0, 0.05) is 29.4 Å². The molecule has 0 spiro atoms. The van der Waals surface area contributed by atoms with Crippen LogP contribution in [0, 0.1) is 0 Å². The number of nitrogens with one attached hydrogen (secondary N) is 2. The van der Waals surface area contributed by atoms with Crippen LogP contribution in [0.15, 0.2) is 53.5 Å². The second kappa shape index (κ2) is 6.51. The number of nitrogens with zero attached hydrogens (tertiary/aromatic N) is 1. The normalized spacial score (nSPS) is 10.3. The van der Waals surface area contributed by atoms with Crippen LogP contribution in [0.2, 0.25) is 0 Å². The highest BCUT2D eigenvalue weighted by atomic mass is 32.1. The van der Waals surface area contributed by atoms with Gasteiger partial charge in [0.15, 0.2) is 0 Å². The fourth-order valence-corrected chi connectivity index (χ4v) is 3.17. The summed E-state index contributed by atoms with van der Waals surface area (Å²) < 4.78 is 0. The predicted molar refractivity (Wildman–Crippen MR) is 87.7 cm³/mol. The van der Waals surface area contributed by atoms with E-state index in [2.05, 4.69) is 21.7 Å². The van der Waals surface area contributed by atoms with Crippen molar-refractivity contribution in [1.82, 2.24) is 10.3 Å². The van der Waals surface area contributed by atoms with Crippen LogP contribution in [0.4, 0.5) is 9.80 Å². The Bertz CT molecular complexity index is 708. The lowest BCUT2D eigenvalue weighted by Crippen LogP contribution is -2.27. The van der Waals surface area contributed by atoms with E-state index in [1.54, 1.807) is 17.5 Å². The van der Waals surface area contributed by atoms with Gasteiger partial charge in [0.2, 0.25) is 0 Å². The summed E-state index contributed by atoms with van der Waals surface area (Å²) in [6, 6.07) is 9.67. The van der Waals surface area contributed by atoms with E-state index >= 15 is 0 Å². The third-order valence-corrected chi connectivity index (χ3v) is 4.52. The van der Waals surface area contributed by atoms with Crippen molar-refractivity contribution in [1.29, 1.82) is 0 Å². The predicted octanol–water partition coefficient (Wildman–Crippen LogP) is 4.19. The lowest BCUT2D eigenvalue weighted by molar-refractivity contribution is 0.252. The van der Waals surface area contributed by atoms with E-state index in [-0.39, 0.29) is 6.03 Å². The van der Waals surface area contributed by atoms with Crippen molar-refractivity contribution in [3.8, 4) is 10.4 Å². The smallest absolute Gasteiger partial charge is 0.320 e. The van der Waals surface area contributed by atoms with Crippen molar-refractivity contribution in [2.24, 2.45) is 0 Å². The maximum Gasteiger partial charge on any atom is 0.320 e. The Morgan fingerprint density at radius 2 is 2.00 bits per heavy atom. The van der Waals surface area contributed by atoms with Gasteiger partial charge in [-0.05, 0) is 40.6 Å². The van der Waals surface area contributed by atoms with Crippen LogP contribution in [0.1, 0.15) is 5.56 Å². The van der Waals surface area contributed by atoms with E-state index in [9.17, 15) is 4.79 Å². The minimum atomic E-state index is -0.209. The van der Waals surface area contributed by atoms with Crippen LogP contribution >= 0.6 is 22.7 Å². The molecule has 0 saturated carbocycles. The zero-order valence-electron chi connectivity index (χ0n) is 11.1. The summed E-state index contributed by atoms with van der Waals surface area (Å²) in [5, 5.41) is 10.4. The zero-order chi connectivity index (χ0) is 14.5. The molecule has 3 aromatic rings. The minimum Gasteiger partial charge on any atom is -0.334 e. The standard InChI is InChI=1S/C15H13N3OS2/c19-15(18-14-4-2-6-21-14)17-9-11-7-12(10-16-8-11)13-3-1-5-20-13/h1-8,10H,9H2,(H2,17,18,19). The number of carbonyl (C=O) groups is 1. The number of amides is 2. The minimum absolute atomic E-state index is 0.209. The maximum atomic E-state index is 11.8. The molecule has 0 aliphatic heterocycles. The van der Waals surface area contributed by atoms with Crippen LogP contribution in [0.5, 0.6) is 0 Å². The molecular formula is C15H13N3OS2. The summed E-state index contributed by atoms with van der Waals surface area (Å²) in [6.07, 6.45) is 3.60. The molecule has 0 bridgehead atoms. The molecule has 2 amide bonds. The molecule has 0 saturated heterocycles. The fraction of sp³-hybridized carbons (Fsp3) is 0.0667. The van der Waals surface area contributed by atoms with Crippen LogP contribution in [0.25, 0.3) is 10.4 Å². The van der Waals surface area contributed by atoms with Gasteiger partial charge in [0.05, 0.1) is 5.00 Å². The zero-order valence-corrected chi connectivity index (χ0v) is 12.7. The summed E-state index contributed by atoms with van der Waals surface area (Å²) in [5.41, 5.74) is 2.05. The lowest BCUT2D eigenvalue weighted by Gasteiger charge is -2.07. The molecule has 2 N–H and O–H groups in total. The van der Waals surface area contributed by atoms with E-state index in [4.69, 9.17) is 0 Å². The lowest BCUT2D eigenvalue weighted by atomic mass is 10.2. The average molecular weight is 315 g/mol. The average Bonchev–Trinajstić information content (AvgIpc) is 3.19. The summed E-state index contributed by atoms with van der Waals surface area (Å²) >= 11 is 3.16. The molecule has 3 rings (SSSR count). The molecule has 3 aromatic heterocycles. The van der Waals surface area contributed by atoms with Crippen molar-refractivity contribution in [2.75, 3.05) is 5.32 Å². The first-order valence-electron chi connectivity index (χ1n) is 6.37. The third kappa shape index (κ3) is 3.68. The van der Waals surface area contributed by atoms with Crippen LogP contribution in [-0.4, -0.2) is 11.0 Å². The monoisotopic (exact) mass is 315 g/mol. The van der Waals surface area contributed by atoms with Crippen LogP contribution < -0.4 is 10.6 Å². The molecule has 0 aliphatic carbocycles. The second-order valence-electron chi connectivity index (χ2n) is 4.34. The highest BCUT2D eigenvalue weighted by Gasteiger charge is 2.04. The number of carbonyl (C=O) groups excluding carboxylic acids is 1. The Morgan fingerprint density at radius 1 is 1.14 bits per heavy atom. The highest BCUT2D eigenvalue weighted by molar-refractivity contribution is 7.14. The number of hydrogen-bond donors (Lipinski definition) is 2. The van der Waals surface area contributed by atoms with Crippen molar-refractivity contribution < 1.29 is 4.79 Å². The van der Waals surface area contributed by atoms with Gasteiger partial charge in [-0.25, -0.2) is 4.79 Å². The Labute approximate surface area is 130 Å². The van der Waals surface area contributed by atoms with E-state index in [0.717, 1.165) is 16.1 Å². The first kappa shape index (κ1) is 13.8. The SMILES string of the molecule is O=C(NCc1cncc(-c2cccs2)c1)Nc1cccs1. The van der Waals surface area contributed by atoms with Crippen molar-refractivity contribution in [2.45, 2.75) is 6.54 Å². The highest BCUT2D eigenvalue weighted by Crippen LogP contribution is 2.24. The summed E-state index contributed by atoms with van der Waals surface area (Å²) in [7, 11) is 0. The van der Waals surface area contributed by atoms with Gasteiger partial charge in [-0.2, -0.15) is 0 Å². The van der Waals surface area contributed by atoms with Gasteiger partial charge in [0.1, 0.15) is 0 Å². The largest absolute Gasteiger partial charge is 0.334 e. The summed E-state index contributed by atoms with van der Waals surface area (Å²) in [4.78, 5) is 17.2. The summed E-state index contributed by atoms with van der Waals surface area (Å²) in [6.45, 7) is 0.448. The quantitative estimate of drug-likeness (QED) is 0.758. The molecule has 0 unspecified atom stereocenters. The molecule has 21 heavy (non-hydrogen) atoms. The number of aromatic nitrogens is 1. The van der Waals surface area contributed by atoms with Gasteiger partial charge in [-0.15, -0.1) is 22.7 Å². The van der Waals surface area contributed by atoms with Gasteiger partial charge < -0.3 is 5.32 Å². The van der Waals surface area contributed by atoms with Gasteiger partial charge in [-0.1, -0.05) is 6.07 Å². The van der Waals surface area contributed by atoms with Crippen LogP contribution in [0.3, 0.4) is 0 Å². The molecule has 0 atom stereocenters. The molecule has 0 radical (unpaired) electrons. The topological polar surface area (TPSA) is 54.0 Å². The van der Waals surface area contributed by atoms with Crippen LogP contribution in [-0.2, 0) is 6.54 Å². The van der Waals surface area contributed by atoms with E-state index in [0.29, 0.717) is 6.54 Å². The molecular weight excluding hydrogens is 302 g/mol. The van der Waals surface area contributed by atoms with E-state index in [1.807, 2.05) is 41.2 Å². The Morgan fingerprint density at radius 3 is 2.76 bits per heavy atom.